The molecule has 26 heavy (non-hydrogen) atoms. The van der Waals surface area contributed by atoms with Gasteiger partial charge in [-0.15, -0.1) is 0 Å². The van der Waals surface area contributed by atoms with Crippen LogP contribution in [0.3, 0.4) is 0 Å². The molecule has 0 aliphatic heterocycles. The molecule has 2 aromatic carbocycles. The molecular weight excluding hydrogens is 336 g/mol. The molecule has 0 aliphatic carbocycles. The molecule has 0 unspecified atom stereocenters. The Labute approximate surface area is 152 Å². The van der Waals surface area contributed by atoms with Gasteiger partial charge in [-0.05, 0) is 24.6 Å². The summed E-state index contributed by atoms with van der Waals surface area (Å²) < 4.78 is 5.06. The number of esters is 1. The highest BCUT2D eigenvalue weighted by Crippen LogP contribution is 2.16. The van der Waals surface area contributed by atoms with Crippen molar-refractivity contribution in [2.75, 3.05) is 6.61 Å². The van der Waals surface area contributed by atoms with Crippen LogP contribution < -0.4 is 5.11 Å². The summed E-state index contributed by atoms with van der Waals surface area (Å²) in [7, 11) is 0. The van der Waals surface area contributed by atoms with E-state index in [4.69, 9.17) is 9.84 Å². The van der Waals surface area contributed by atoms with Gasteiger partial charge < -0.3 is 20.1 Å². The van der Waals surface area contributed by atoms with Gasteiger partial charge in [0.15, 0.2) is 0 Å². The molecule has 140 valence electrons. The summed E-state index contributed by atoms with van der Waals surface area (Å²) in [5.41, 5.74) is 0.0560. The summed E-state index contributed by atoms with van der Waals surface area (Å²) in [6, 6.07) is 12.0. The molecule has 0 aromatic heterocycles. The highest BCUT2D eigenvalue weighted by molar-refractivity contribution is 5.92. The molecule has 6 heteroatoms. The number of aromatic carboxylic acids is 1. The third-order valence-electron chi connectivity index (χ3n) is 3.47. The maximum atomic E-state index is 11.5. The first kappa shape index (κ1) is 21.0. The molecule has 2 N–H and O–H groups in total. The van der Waals surface area contributed by atoms with Crippen LogP contribution in [-0.2, 0) is 4.74 Å². The number of carboxylic acid groups (broad SMARTS) is 1. The van der Waals surface area contributed by atoms with Crippen molar-refractivity contribution < 1.29 is 29.6 Å². The SMILES string of the molecule is CCCCCCOC(=O)c1ccccc1O.O=C(O)c1ccccc1[O-]. The summed E-state index contributed by atoms with van der Waals surface area (Å²) in [5.74, 6) is -2.10. The van der Waals surface area contributed by atoms with Crippen molar-refractivity contribution >= 4 is 11.9 Å². The average Bonchev–Trinajstić information content (AvgIpc) is 2.62. The molecule has 0 amide bonds. The van der Waals surface area contributed by atoms with Crippen molar-refractivity contribution in [3.63, 3.8) is 0 Å². The van der Waals surface area contributed by atoms with Crippen molar-refractivity contribution in [2.45, 2.75) is 32.6 Å². The molecule has 0 fully saturated rings. The van der Waals surface area contributed by atoms with E-state index >= 15 is 0 Å². The van der Waals surface area contributed by atoms with Crippen molar-refractivity contribution in [1.82, 2.24) is 0 Å². The summed E-state index contributed by atoms with van der Waals surface area (Å²) in [6.07, 6.45) is 4.28. The van der Waals surface area contributed by atoms with Crippen LogP contribution in [0.4, 0.5) is 0 Å². The second kappa shape index (κ2) is 11.5. The number of hydrogen-bond donors (Lipinski definition) is 2. The lowest BCUT2D eigenvalue weighted by Crippen LogP contribution is -2.06. The number of para-hydroxylation sites is 2. The van der Waals surface area contributed by atoms with E-state index in [2.05, 4.69) is 6.92 Å². The maximum absolute atomic E-state index is 11.5. The predicted octanol–water partition coefficient (Wildman–Crippen LogP) is 3.59. The van der Waals surface area contributed by atoms with E-state index in [9.17, 15) is 19.8 Å². The van der Waals surface area contributed by atoms with Crippen LogP contribution in [0.25, 0.3) is 0 Å². The van der Waals surface area contributed by atoms with Gasteiger partial charge in [-0.3, -0.25) is 0 Å². The van der Waals surface area contributed by atoms with Gasteiger partial charge in [0.05, 0.1) is 12.2 Å². The zero-order valence-corrected chi connectivity index (χ0v) is 14.7. The number of unbranched alkanes of at least 4 members (excludes halogenated alkanes) is 3. The molecular formula is C20H23O6-. The molecule has 0 heterocycles. The summed E-state index contributed by atoms with van der Waals surface area (Å²) in [5, 5.41) is 28.5. The summed E-state index contributed by atoms with van der Waals surface area (Å²) >= 11 is 0. The van der Waals surface area contributed by atoms with Crippen LogP contribution in [0.5, 0.6) is 11.5 Å². The molecule has 0 aliphatic rings. The largest absolute Gasteiger partial charge is 0.872 e. The van der Waals surface area contributed by atoms with E-state index in [-0.39, 0.29) is 16.9 Å². The third-order valence-corrected chi connectivity index (χ3v) is 3.47. The average molecular weight is 359 g/mol. The van der Waals surface area contributed by atoms with E-state index in [1.165, 1.54) is 30.3 Å². The number of benzene rings is 2. The second-order valence-electron chi connectivity index (χ2n) is 5.52. The minimum Gasteiger partial charge on any atom is -0.872 e. The van der Waals surface area contributed by atoms with Gasteiger partial charge in [-0.25, -0.2) is 9.59 Å². The van der Waals surface area contributed by atoms with Crippen LogP contribution in [0.2, 0.25) is 0 Å². The van der Waals surface area contributed by atoms with Crippen LogP contribution in [0, 0.1) is 0 Å². The Bertz CT molecular complexity index is 711. The van der Waals surface area contributed by atoms with Crippen LogP contribution in [0.1, 0.15) is 53.3 Å². The van der Waals surface area contributed by atoms with E-state index < -0.39 is 17.7 Å². The van der Waals surface area contributed by atoms with Crippen LogP contribution in [0.15, 0.2) is 48.5 Å². The summed E-state index contributed by atoms with van der Waals surface area (Å²) in [6.45, 7) is 2.56. The quantitative estimate of drug-likeness (QED) is 0.578. The Morgan fingerprint density at radius 3 is 2.12 bits per heavy atom. The highest BCUT2D eigenvalue weighted by Gasteiger charge is 2.10. The van der Waals surface area contributed by atoms with Crippen molar-refractivity contribution in [3.05, 3.63) is 59.7 Å². The zero-order chi connectivity index (χ0) is 19.4. The number of rotatable bonds is 7. The first-order valence-electron chi connectivity index (χ1n) is 8.41. The molecule has 0 saturated heterocycles. The van der Waals surface area contributed by atoms with Crippen molar-refractivity contribution in [3.8, 4) is 11.5 Å². The Hall–Kier alpha value is -3.02. The maximum Gasteiger partial charge on any atom is 0.341 e. The Balaban J connectivity index is 0.000000289. The number of ether oxygens (including phenoxy) is 1. The fourth-order valence-electron chi connectivity index (χ4n) is 2.06. The van der Waals surface area contributed by atoms with Gasteiger partial charge in [0.1, 0.15) is 11.3 Å². The normalized spacial score (nSPS) is 9.73. The lowest BCUT2D eigenvalue weighted by molar-refractivity contribution is -0.268. The number of aromatic hydroxyl groups is 1. The van der Waals surface area contributed by atoms with Gasteiger partial charge in [-0.1, -0.05) is 62.3 Å². The van der Waals surface area contributed by atoms with Gasteiger partial charge >= 0.3 is 11.9 Å². The molecule has 2 aromatic rings. The van der Waals surface area contributed by atoms with Gasteiger partial charge in [-0.2, -0.15) is 0 Å². The standard InChI is InChI=1S/C13H18O3.C7H6O3/c1-2-3-4-7-10-16-13(15)11-8-5-6-9-12(11)14;8-6-4-2-1-3-5(6)7(9)10/h5-6,8-9,14H,2-4,7,10H2,1H3;1-4,8H,(H,9,10)/p-1. The highest BCUT2D eigenvalue weighted by atomic mass is 16.5. The molecule has 6 nitrogen and oxygen atoms in total. The van der Waals surface area contributed by atoms with Crippen LogP contribution in [-0.4, -0.2) is 28.8 Å². The first-order chi connectivity index (χ1) is 12.5. The number of carboxylic acids is 1. The minimum atomic E-state index is -1.18. The van der Waals surface area contributed by atoms with Gasteiger partial charge in [0.2, 0.25) is 0 Å². The van der Waals surface area contributed by atoms with E-state index in [0.29, 0.717) is 6.61 Å². The summed E-state index contributed by atoms with van der Waals surface area (Å²) in [4.78, 5) is 21.7. The smallest absolute Gasteiger partial charge is 0.341 e. The van der Waals surface area contributed by atoms with E-state index in [1.54, 1.807) is 18.2 Å². The van der Waals surface area contributed by atoms with Crippen molar-refractivity contribution in [1.29, 1.82) is 0 Å². The zero-order valence-electron chi connectivity index (χ0n) is 14.7. The van der Waals surface area contributed by atoms with Crippen molar-refractivity contribution in [2.24, 2.45) is 0 Å². The number of phenols is 1. The fourth-order valence-corrected chi connectivity index (χ4v) is 2.06. The lowest BCUT2D eigenvalue weighted by Gasteiger charge is -2.07. The second-order valence-corrected chi connectivity index (χ2v) is 5.52. The topological polar surface area (TPSA) is 107 Å². The monoisotopic (exact) mass is 359 g/mol. The molecule has 0 radical (unpaired) electrons. The third kappa shape index (κ3) is 7.25. The number of phenolic OH excluding ortho intramolecular Hbond substituents is 1. The fraction of sp³-hybridized carbons (Fsp3) is 0.300. The Morgan fingerprint density at radius 1 is 0.962 bits per heavy atom. The molecule has 0 atom stereocenters. The molecule has 0 spiro atoms. The van der Waals surface area contributed by atoms with E-state index in [0.717, 1.165) is 25.7 Å². The minimum absolute atomic E-state index is 0.0268. The van der Waals surface area contributed by atoms with E-state index in [1.807, 2.05) is 0 Å². The van der Waals surface area contributed by atoms with Crippen LogP contribution >= 0.6 is 0 Å². The molecule has 0 saturated carbocycles. The molecule has 2 rings (SSSR count). The Morgan fingerprint density at radius 2 is 1.58 bits per heavy atom. The molecule has 0 bridgehead atoms. The lowest BCUT2D eigenvalue weighted by atomic mass is 10.2. The number of carbonyl (C=O) groups is 2. The first-order valence-corrected chi connectivity index (χ1v) is 8.41. The predicted molar refractivity (Wildman–Crippen MR) is 95.4 cm³/mol. The van der Waals surface area contributed by atoms with Gasteiger partial charge in [0, 0.05) is 0 Å². The van der Waals surface area contributed by atoms with Gasteiger partial charge in [0.25, 0.3) is 0 Å². The number of carbonyl (C=O) groups excluding carboxylic acids is 1. The Kier molecular flexibility index (Phi) is 9.31. The number of hydrogen-bond acceptors (Lipinski definition) is 5.